The van der Waals surface area contributed by atoms with Crippen molar-refractivity contribution in [3.8, 4) is 11.5 Å². The number of carbonyl (C=O) groups excluding carboxylic acids is 1. The zero-order valence-electron chi connectivity index (χ0n) is 9.96. The van der Waals surface area contributed by atoms with Crippen LogP contribution in [-0.2, 0) is 6.54 Å². The van der Waals surface area contributed by atoms with Gasteiger partial charge in [-0.3, -0.25) is 9.48 Å². The van der Waals surface area contributed by atoms with E-state index >= 15 is 0 Å². The van der Waals surface area contributed by atoms with Crippen LogP contribution in [0.15, 0.2) is 30.6 Å². The van der Waals surface area contributed by atoms with Crippen LogP contribution in [0.2, 0.25) is 0 Å². The number of aryl methyl sites for hydroxylation is 1. The maximum Gasteiger partial charge on any atom is 0.250 e. The van der Waals surface area contributed by atoms with Gasteiger partial charge < -0.3 is 16.2 Å². The van der Waals surface area contributed by atoms with E-state index in [1.54, 1.807) is 29.2 Å². The van der Waals surface area contributed by atoms with Gasteiger partial charge in [0.2, 0.25) is 0 Å². The zero-order valence-corrected chi connectivity index (χ0v) is 9.96. The molecule has 0 aliphatic rings. The third-order valence-electron chi connectivity index (χ3n) is 2.46. The van der Waals surface area contributed by atoms with Gasteiger partial charge in [0.05, 0.1) is 18.0 Å². The predicted octanol–water partition coefficient (Wildman–Crippen LogP) is 1.38. The molecule has 0 atom stereocenters. The molecule has 2 rings (SSSR count). The van der Waals surface area contributed by atoms with Crippen molar-refractivity contribution in [2.24, 2.45) is 5.73 Å². The van der Waals surface area contributed by atoms with Crippen LogP contribution in [0.5, 0.6) is 11.5 Å². The lowest BCUT2D eigenvalue weighted by Crippen LogP contribution is -2.13. The van der Waals surface area contributed by atoms with E-state index in [0.29, 0.717) is 17.2 Å². The average Bonchev–Trinajstić information content (AvgIpc) is 2.79. The van der Waals surface area contributed by atoms with Gasteiger partial charge in [-0.25, -0.2) is 0 Å². The van der Waals surface area contributed by atoms with Crippen molar-refractivity contribution >= 4 is 11.6 Å². The highest BCUT2D eigenvalue weighted by atomic mass is 16.5. The summed E-state index contributed by atoms with van der Waals surface area (Å²) in [6.45, 7) is 2.74. The molecule has 1 aromatic carbocycles. The number of nitrogens with two attached hydrogens (primary N) is 2. The van der Waals surface area contributed by atoms with Gasteiger partial charge >= 0.3 is 0 Å². The molecule has 1 amide bonds. The maximum atomic E-state index is 11.1. The van der Waals surface area contributed by atoms with Crippen LogP contribution in [0, 0.1) is 0 Å². The van der Waals surface area contributed by atoms with Gasteiger partial charge in [-0.1, -0.05) is 0 Å². The van der Waals surface area contributed by atoms with E-state index in [4.69, 9.17) is 16.2 Å². The number of hydrogen-bond acceptors (Lipinski definition) is 4. The maximum absolute atomic E-state index is 11.1. The zero-order chi connectivity index (χ0) is 13.1. The first-order valence-electron chi connectivity index (χ1n) is 5.49. The summed E-state index contributed by atoms with van der Waals surface area (Å²) in [5.74, 6) is 0.507. The summed E-state index contributed by atoms with van der Waals surface area (Å²) in [5.41, 5.74) is 11.4. The number of carbonyl (C=O) groups is 1. The Balaban J connectivity index is 2.24. The smallest absolute Gasteiger partial charge is 0.250 e. The molecule has 94 valence electrons. The van der Waals surface area contributed by atoms with Crippen LogP contribution in [0.3, 0.4) is 0 Å². The highest BCUT2D eigenvalue weighted by molar-refractivity contribution is 5.98. The summed E-state index contributed by atoms with van der Waals surface area (Å²) in [4.78, 5) is 11.1. The van der Waals surface area contributed by atoms with Crippen LogP contribution in [0.1, 0.15) is 17.3 Å². The van der Waals surface area contributed by atoms with E-state index < -0.39 is 5.91 Å². The Hall–Kier alpha value is -2.50. The molecule has 0 aliphatic carbocycles. The molecule has 1 heterocycles. The van der Waals surface area contributed by atoms with Gasteiger partial charge in [0.1, 0.15) is 5.75 Å². The third kappa shape index (κ3) is 2.42. The number of rotatable bonds is 4. The molecule has 6 nitrogen and oxygen atoms in total. The van der Waals surface area contributed by atoms with E-state index in [-0.39, 0.29) is 5.56 Å². The molecule has 0 spiro atoms. The van der Waals surface area contributed by atoms with Gasteiger partial charge in [-0.05, 0) is 25.1 Å². The van der Waals surface area contributed by atoms with Crippen LogP contribution < -0.4 is 16.2 Å². The molecule has 1 aromatic heterocycles. The van der Waals surface area contributed by atoms with Crippen LogP contribution in [-0.4, -0.2) is 15.7 Å². The van der Waals surface area contributed by atoms with E-state index in [2.05, 4.69) is 5.10 Å². The highest BCUT2D eigenvalue weighted by Gasteiger charge is 2.08. The molecule has 0 radical (unpaired) electrons. The molecule has 0 fully saturated rings. The first kappa shape index (κ1) is 12.0. The fourth-order valence-corrected chi connectivity index (χ4v) is 1.52. The second-order valence-corrected chi connectivity index (χ2v) is 3.75. The summed E-state index contributed by atoms with van der Waals surface area (Å²) in [5, 5.41) is 4.08. The Morgan fingerprint density at radius 2 is 2.22 bits per heavy atom. The molecule has 4 N–H and O–H groups in total. The van der Waals surface area contributed by atoms with Gasteiger partial charge in [0.15, 0.2) is 5.75 Å². The Labute approximate surface area is 104 Å². The minimum absolute atomic E-state index is 0.246. The fourth-order valence-electron chi connectivity index (χ4n) is 1.52. The van der Waals surface area contributed by atoms with E-state index in [1.807, 2.05) is 6.92 Å². The number of ether oxygens (including phenoxy) is 1. The van der Waals surface area contributed by atoms with Crippen molar-refractivity contribution in [2.45, 2.75) is 13.5 Å². The van der Waals surface area contributed by atoms with Crippen LogP contribution in [0.25, 0.3) is 0 Å². The summed E-state index contributed by atoms with van der Waals surface area (Å²) >= 11 is 0. The molecular formula is C12H14N4O2. The first-order chi connectivity index (χ1) is 8.60. The topological polar surface area (TPSA) is 96.2 Å². The predicted molar refractivity (Wildman–Crippen MR) is 67.3 cm³/mol. The lowest BCUT2D eigenvalue weighted by atomic mass is 10.1. The molecule has 2 aromatic rings. The van der Waals surface area contributed by atoms with Crippen LogP contribution >= 0.6 is 0 Å². The van der Waals surface area contributed by atoms with E-state index in [0.717, 1.165) is 6.54 Å². The Kier molecular flexibility index (Phi) is 3.18. The van der Waals surface area contributed by atoms with Crippen LogP contribution in [0.4, 0.5) is 5.69 Å². The summed E-state index contributed by atoms with van der Waals surface area (Å²) in [6, 6.07) is 4.77. The minimum atomic E-state index is -0.581. The second-order valence-electron chi connectivity index (χ2n) is 3.75. The number of nitrogens with zero attached hydrogens (tertiary/aromatic N) is 2. The fraction of sp³-hybridized carbons (Fsp3) is 0.167. The van der Waals surface area contributed by atoms with Crippen molar-refractivity contribution in [3.63, 3.8) is 0 Å². The molecule has 0 unspecified atom stereocenters. The Morgan fingerprint density at radius 1 is 1.44 bits per heavy atom. The molecule has 0 aliphatic heterocycles. The normalized spacial score (nSPS) is 10.3. The monoisotopic (exact) mass is 246 g/mol. The minimum Gasteiger partial charge on any atom is -0.454 e. The summed E-state index contributed by atoms with van der Waals surface area (Å²) < 4.78 is 7.30. The van der Waals surface area contributed by atoms with E-state index in [9.17, 15) is 4.79 Å². The number of amides is 1. The molecular weight excluding hydrogens is 232 g/mol. The lowest BCUT2D eigenvalue weighted by molar-refractivity contribution is 0.100. The number of hydrogen-bond donors (Lipinski definition) is 2. The Morgan fingerprint density at radius 3 is 2.83 bits per heavy atom. The number of aromatic nitrogens is 2. The second kappa shape index (κ2) is 4.79. The molecule has 0 saturated carbocycles. The first-order valence-corrected chi connectivity index (χ1v) is 5.49. The largest absolute Gasteiger partial charge is 0.454 e. The number of benzene rings is 1. The summed E-state index contributed by atoms with van der Waals surface area (Å²) in [6.07, 6.45) is 3.37. The lowest BCUT2D eigenvalue weighted by Gasteiger charge is -2.06. The van der Waals surface area contributed by atoms with Crippen molar-refractivity contribution in [1.29, 1.82) is 0 Å². The van der Waals surface area contributed by atoms with Crippen molar-refractivity contribution in [3.05, 3.63) is 36.2 Å². The Bertz CT molecular complexity index is 577. The molecule has 18 heavy (non-hydrogen) atoms. The van der Waals surface area contributed by atoms with Crippen molar-refractivity contribution in [1.82, 2.24) is 9.78 Å². The van der Waals surface area contributed by atoms with Crippen molar-refractivity contribution < 1.29 is 9.53 Å². The van der Waals surface area contributed by atoms with Crippen molar-refractivity contribution in [2.75, 3.05) is 5.73 Å². The summed E-state index contributed by atoms with van der Waals surface area (Å²) in [7, 11) is 0. The standard InChI is InChI=1S/C12H14N4O2/c1-2-16-7-9(6-15-16)18-8-3-4-11(13)10(5-8)12(14)17/h3-7H,2,13H2,1H3,(H2,14,17). The van der Waals surface area contributed by atoms with E-state index in [1.165, 1.54) is 6.07 Å². The highest BCUT2D eigenvalue weighted by Crippen LogP contribution is 2.24. The van der Waals surface area contributed by atoms with Gasteiger partial charge in [0.25, 0.3) is 5.91 Å². The van der Waals surface area contributed by atoms with Gasteiger partial charge in [0, 0.05) is 12.2 Å². The molecule has 0 bridgehead atoms. The molecule has 0 saturated heterocycles. The number of nitrogen functional groups attached to an aromatic ring is 1. The number of anilines is 1. The number of primary amides is 1. The van der Waals surface area contributed by atoms with Gasteiger partial charge in [-0.2, -0.15) is 5.10 Å². The van der Waals surface area contributed by atoms with Gasteiger partial charge in [-0.15, -0.1) is 0 Å². The SMILES string of the molecule is CCn1cc(Oc2ccc(N)c(C(N)=O)c2)cn1. The molecule has 6 heteroatoms. The quantitative estimate of drug-likeness (QED) is 0.796. The third-order valence-corrected chi connectivity index (χ3v) is 2.46. The average molecular weight is 246 g/mol.